The van der Waals surface area contributed by atoms with Gasteiger partial charge in [-0.15, -0.1) is 0 Å². The SMILES string of the molecule is COc1ccc(-n2ccnc2C(F)(F)F)nc1[C@H]1CO[C@]2(CC[C@H](CN)[C@H]2c2ccc(F)cc2)C1. The Morgan fingerprint density at radius 3 is 2.66 bits per heavy atom. The maximum absolute atomic E-state index is 13.6. The van der Waals surface area contributed by atoms with Crippen molar-refractivity contribution < 1.29 is 27.0 Å². The van der Waals surface area contributed by atoms with Crippen LogP contribution in [0.1, 0.15) is 48.2 Å². The molecule has 4 atom stereocenters. The number of imidazole rings is 1. The highest BCUT2D eigenvalue weighted by Crippen LogP contribution is 2.56. The fourth-order valence-electron chi connectivity index (χ4n) is 5.80. The molecule has 186 valence electrons. The number of rotatable bonds is 5. The molecule has 3 heterocycles. The van der Waals surface area contributed by atoms with Crippen molar-refractivity contribution >= 4 is 0 Å². The first-order valence-corrected chi connectivity index (χ1v) is 11.5. The third-order valence-corrected chi connectivity index (χ3v) is 7.29. The van der Waals surface area contributed by atoms with Crippen LogP contribution in [0.5, 0.6) is 5.75 Å². The van der Waals surface area contributed by atoms with Gasteiger partial charge in [0.15, 0.2) is 0 Å². The Bertz CT molecular complexity index is 1200. The number of pyridine rings is 1. The maximum atomic E-state index is 13.6. The summed E-state index contributed by atoms with van der Waals surface area (Å²) in [6, 6.07) is 9.55. The number of nitrogens with two attached hydrogens (primary N) is 1. The molecule has 2 fully saturated rings. The Kier molecular flexibility index (Phi) is 6.04. The van der Waals surface area contributed by atoms with Gasteiger partial charge in [0.25, 0.3) is 0 Å². The molecule has 5 rings (SSSR count). The average molecular weight is 491 g/mol. The topological polar surface area (TPSA) is 75.2 Å². The molecule has 2 aliphatic rings. The molecule has 3 aromatic rings. The highest BCUT2D eigenvalue weighted by Gasteiger charge is 2.54. The van der Waals surface area contributed by atoms with Crippen LogP contribution in [0.25, 0.3) is 5.82 Å². The van der Waals surface area contributed by atoms with E-state index in [2.05, 4.69) is 9.97 Å². The third-order valence-electron chi connectivity index (χ3n) is 7.29. The van der Waals surface area contributed by atoms with E-state index in [0.29, 0.717) is 31.0 Å². The fourth-order valence-corrected chi connectivity index (χ4v) is 5.80. The summed E-state index contributed by atoms with van der Waals surface area (Å²) < 4.78 is 66.8. The summed E-state index contributed by atoms with van der Waals surface area (Å²) in [6.45, 7) is 0.827. The van der Waals surface area contributed by atoms with Crippen LogP contribution < -0.4 is 10.5 Å². The molecule has 1 spiro atoms. The number of hydrogen-bond donors (Lipinski definition) is 1. The van der Waals surface area contributed by atoms with Gasteiger partial charge in [0.05, 0.1) is 25.0 Å². The van der Waals surface area contributed by atoms with Crippen molar-refractivity contribution in [3.63, 3.8) is 0 Å². The van der Waals surface area contributed by atoms with Crippen molar-refractivity contribution in [3.8, 4) is 11.6 Å². The molecule has 35 heavy (non-hydrogen) atoms. The number of alkyl halides is 3. The summed E-state index contributed by atoms with van der Waals surface area (Å²) in [7, 11) is 1.51. The monoisotopic (exact) mass is 490 g/mol. The van der Waals surface area contributed by atoms with E-state index in [1.165, 1.54) is 31.5 Å². The van der Waals surface area contributed by atoms with E-state index in [-0.39, 0.29) is 29.4 Å². The smallest absolute Gasteiger partial charge is 0.450 e. The van der Waals surface area contributed by atoms with Gasteiger partial charge >= 0.3 is 6.18 Å². The molecule has 6 nitrogen and oxygen atoms in total. The van der Waals surface area contributed by atoms with Crippen LogP contribution in [-0.2, 0) is 10.9 Å². The number of aromatic nitrogens is 3. The number of benzene rings is 1. The van der Waals surface area contributed by atoms with Crippen molar-refractivity contribution in [2.24, 2.45) is 11.7 Å². The van der Waals surface area contributed by atoms with Gasteiger partial charge in [-0.2, -0.15) is 13.2 Å². The molecule has 2 N–H and O–H groups in total. The molecule has 0 amide bonds. The Morgan fingerprint density at radius 2 is 1.97 bits per heavy atom. The molecule has 1 saturated carbocycles. The first-order chi connectivity index (χ1) is 16.8. The molecule has 1 aliphatic carbocycles. The van der Waals surface area contributed by atoms with Crippen LogP contribution in [0.15, 0.2) is 48.8 Å². The Morgan fingerprint density at radius 1 is 1.20 bits per heavy atom. The summed E-state index contributed by atoms with van der Waals surface area (Å²) in [5, 5.41) is 0. The Hall–Kier alpha value is -2.98. The van der Waals surface area contributed by atoms with Crippen LogP contribution >= 0.6 is 0 Å². The van der Waals surface area contributed by atoms with E-state index >= 15 is 0 Å². The van der Waals surface area contributed by atoms with Gasteiger partial charge in [-0.05, 0) is 61.6 Å². The van der Waals surface area contributed by atoms with Crippen molar-refractivity contribution in [1.29, 1.82) is 0 Å². The van der Waals surface area contributed by atoms with Gasteiger partial charge in [0.2, 0.25) is 5.82 Å². The minimum absolute atomic E-state index is 0.0160. The van der Waals surface area contributed by atoms with Gasteiger partial charge < -0.3 is 15.2 Å². The first-order valence-electron chi connectivity index (χ1n) is 11.5. The predicted octanol–water partition coefficient (Wildman–Crippen LogP) is 4.83. The van der Waals surface area contributed by atoms with Gasteiger partial charge in [0, 0.05) is 24.2 Å². The molecule has 1 aliphatic heterocycles. The third kappa shape index (κ3) is 4.18. The van der Waals surface area contributed by atoms with Crippen molar-refractivity contribution in [2.45, 2.75) is 42.9 Å². The lowest BCUT2D eigenvalue weighted by Gasteiger charge is -2.33. The highest BCUT2D eigenvalue weighted by atomic mass is 19.4. The highest BCUT2D eigenvalue weighted by molar-refractivity contribution is 5.40. The normalized spacial score (nSPS) is 26.5. The standard InChI is InChI=1S/C25H26F4N4O2/c1-34-19-6-7-20(33-11-10-31-23(33)25(27,28)29)32-22(19)17-12-24(35-14-17)9-8-16(13-30)21(24)15-2-4-18(26)5-3-15/h2-7,10-11,16-17,21H,8-9,12-14,30H2,1H3/t16-,17-,21-,24-/m1/s1. The molecular formula is C25H26F4N4O2. The minimum Gasteiger partial charge on any atom is -0.495 e. The summed E-state index contributed by atoms with van der Waals surface area (Å²) in [6.07, 6.45) is -0.0129. The number of hydrogen-bond acceptors (Lipinski definition) is 5. The van der Waals surface area contributed by atoms with Crippen LogP contribution in [0.3, 0.4) is 0 Å². The lowest BCUT2D eigenvalue weighted by Crippen LogP contribution is -2.35. The van der Waals surface area contributed by atoms with E-state index < -0.39 is 17.6 Å². The van der Waals surface area contributed by atoms with Crippen molar-refractivity contribution in [1.82, 2.24) is 14.5 Å². The minimum atomic E-state index is -4.62. The Balaban J connectivity index is 1.50. The predicted molar refractivity (Wildman–Crippen MR) is 120 cm³/mol. The zero-order valence-corrected chi connectivity index (χ0v) is 19.1. The molecule has 0 unspecified atom stereocenters. The number of ether oxygens (including phenoxy) is 2. The van der Waals surface area contributed by atoms with Crippen LogP contribution in [0, 0.1) is 11.7 Å². The molecular weight excluding hydrogens is 464 g/mol. The van der Waals surface area contributed by atoms with E-state index in [1.54, 1.807) is 18.2 Å². The Labute approximate surface area is 200 Å². The van der Waals surface area contributed by atoms with E-state index in [0.717, 1.165) is 29.2 Å². The van der Waals surface area contributed by atoms with Gasteiger partial charge in [-0.1, -0.05) is 12.1 Å². The fraction of sp³-hybridized carbons (Fsp3) is 0.440. The second-order valence-electron chi connectivity index (χ2n) is 9.22. The lowest BCUT2D eigenvalue weighted by molar-refractivity contribution is -0.146. The number of halogens is 4. The summed E-state index contributed by atoms with van der Waals surface area (Å²) in [4.78, 5) is 8.05. The quantitative estimate of drug-likeness (QED) is 0.519. The van der Waals surface area contributed by atoms with E-state index in [1.807, 2.05) is 0 Å². The largest absolute Gasteiger partial charge is 0.495 e. The second-order valence-corrected chi connectivity index (χ2v) is 9.22. The van der Waals surface area contributed by atoms with Gasteiger partial charge in [-0.3, -0.25) is 4.57 Å². The molecule has 1 saturated heterocycles. The van der Waals surface area contributed by atoms with Crippen LogP contribution in [-0.4, -0.2) is 40.4 Å². The lowest BCUT2D eigenvalue weighted by atomic mass is 9.77. The molecule has 1 aromatic carbocycles. The molecule has 0 radical (unpaired) electrons. The molecule has 2 aromatic heterocycles. The van der Waals surface area contributed by atoms with Crippen LogP contribution in [0.4, 0.5) is 17.6 Å². The average Bonchev–Trinajstić information content (AvgIpc) is 3.58. The second kappa shape index (κ2) is 8.91. The van der Waals surface area contributed by atoms with E-state index in [9.17, 15) is 17.6 Å². The number of methoxy groups -OCH3 is 1. The zero-order valence-electron chi connectivity index (χ0n) is 19.1. The maximum Gasteiger partial charge on any atom is 0.450 e. The van der Waals surface area contributed by atoms with Gasteiger partial charge in [-0.25, -0.2) is 14.4 Å². The van der Waals surface area contributed by atoms with E-state index in [4.69, 9.17) is 15.2 Å². The van der Waals surface area contributed by atoms with Gasteiger partial charge in [0.1, 0.15) is 17.4 Å². The van der Waals surface area contributed by atoms with Crippen LogP contribution in [0.2, 0.25) is 0 Å². The summed E-state index contributed by atoms with van der Waals surface area (Å²) in [5.74, 6) is -0.787. The molecule has 0 bridgehead atoms. The zero-order chi connectivity index (χ0) is 24.8. The summed E-state index contributed by atoms with van der Waals surface area (Å²) >= 11 is 0. The molecule has 10 heteroatoms. The summed E-state index contributed by atoms with van der Waals surface area (Å²) in [5.41, 5.74) is 7.10. The van der Waals surface area contributed by atoms with Crippen molar-refractivity contribution in [3.05, 3.63) is 71.7 Å². The first kappa shape index (κ1) is 23.7. The van der Waals surface area contributed by atoms with Crippen molar-refractivity contribution in [2.75, 3.05) is 20.3 Å². The number of nitrogens with zero attached hydrogens (tertiary/aromatic N) is 3.